The van der Waals surface area contributed by atoms with E-state index in [1.165, 1.54) is 6.92 Å². The fourth-order valence-electron chi connectivity index (χ4n) is 2.07. The molecule has 108 valence electrons. The van der Waals surface area contributed by atoms with Crippen LogP contribution >= 0.6 is 0 Å². The fourth-order valence-corrected chi connectivity index (χ4v) is 2.07. The second kappa shape index (κ2) is 5.25. The number of nitrogens with one attached hydrogen (secondary N) is 2. The number of likely N-dealkylation sites (N-methyl/N-ethyl adjacent to an activating group) is 1. The van der Waals surface area contributed by atoms with Crippen molar-refractivity contribution in [3.8, 4) is 0 Å². The van der Waals surface area contributed by atoms with Crippen molar-refractivity contribution >= 4 is 23.4 Å². The van der Waals surface area contributed by atoms with Crippen molar-refractivity contribution in [3.05, 3.63) is 15.8 Å². The Morgan fingerprint density at radius 2 is 2.20 bits per heavy atom. The third-order valence-electron chi connectivity index (χ3n) is 3.11. The number of nitrogens with zero attached hydrogens (tertiary/aromatic N) is 4. The average molecular weight is 281 g/mol. The largest absolute Gasteiger partial charge is 0.352 e. The van der Waals surface area contributed by atoms with Gasteiger partial charge in [-0.15, -0.1) is 0 Å². The standard InChI is InChI=1S/C10H15N7O3/c1-5-7(17(19)20)8(14-10(12-5)15-11)13-6-3-4-16(2)9(6)18/h6H,3-4,11H2,1-2H3,(H2,12,13,14,15). The number of rotatable bonds is 4. The van der Waals surface area contributed by atoms with Gasteiger partial charge in [-0.1, -0.05) is 0 Å². The first kappa shape index (κ1) is 13.9. The van der Waals surface area contributed by atoms with Crippen LogP contribution in [-0.2, 0) is 4.79 Å². The van der Waals surface area contributed by atoms with Gasteiger partial charge in [-0.05, 0) is 13.3 Å². The van der Waals surface area contributed by atoms with Crippen molar-refractivity contribution < 1.29 is 9.72 Å². The molecule has 1 aromatic rings. The topological polar surface area (TPSA) is 139 Å². The van der Waals surface area contributed by atoms with E-state index in [1.54, 1.807) is 11.9 Å². The molecule has 0 radical (unpaired) electrons. The van der Waals surface area contributed by atoms with Gasteiger partial charge in [0.05, 0.1) is 4.92 Å². The summed E-state index contributed by atoms with van der Waals surface area (Å²) in [6, 6.07) is -0.529. The first-order valence-corrected chi connectivity index (χ1v) is 5.95. The molecule has 1 amide bonds. The summed E-state index contributed by atoms with van der Waals surface area (Å²) >= 11 is 0. The Kier molecular flexibility index (Phi) is 3.66. The zero-order chi connectivity index (χ0) is 14.9. The van der Waals surface area contributed by atoms with E-state index in [0.29, 0.717) is 13.0 Å². The average Bonchev–Trinajstić information content (AvgIpc) is 2.69. The van der Waals surface area contributed by atoms with Crippen LogP contribution in [0.1, 0.15) is 12.1 Å². The number of hydrazine groups is 1. The van der Waals surface area contributed by atoms with Gasteiger partial charge >= 0.3 is 5.69 Å². The number of nitro groups is 1. The summed E-state index contributed by atoms with van der Waals surface area (Å²) in [5.74, 6) is 5.14. The van der Waals surface area contributed by atoms with Crippen LogP contribution < -0.4 is 16.6 Å². The third kappa shape index (κ3) is 2.45. The highest BCUT2D eigenvalue weighted by Crippen LogP contribution is 2.28. The maximum absolute atomic E-state index is 11.8. The summed E-state index contributed by atoms with van der Waals surface area (Å²) in [7, 11) is 1.68. The number of carbonyl (C=O) groups excluding carboxylic acids is 1. The van der Waals surface area contributed by atoms with Crippen LogP contribution in [0.2, 0.25) is 0 Å². The fraction of sp³-hybridized carbons (Fsp3) is 0.500. The SMILES string of the molecule is Cc1nc(NN)nc(NC2CCN(C)C2=O)c1[N+](=O)[O-]. The minimum atomic E-state index is -0.582. The molecule has 1 saturated heterocycles. The number of amides is 1. The van der Waals surface area contributed by atoms with Crippen molar-refractivity contribution in [1.29, 1.82) is 0 Å². The molecule has 0 saturated carbocycles. The first-order chi connectivity index (χ1) is 9.43. The molecule has 4 N–H and O–H groups in total. The molecular weight excluding hydrogens is 266 g/mol. The predicted octanol–water partition coefficient (Wildman–Crippen LogP) is -0.379. The number of carbonyl (C=O) groups is 1. The lowest BCUT2D eigenvalue weighted by Gasteiger charge is -2.14. The molecule has 0 aliphatic carbocycles. The zero-order valence-corrected chi connectivity index (χ0v) is 11.1. The summed E-state index contributed by atoms with van der Waals surface area (Å²) in [6.45, 7) is 2.07. The highest BCUT2D eigenvalue weighted by atomic mass is 16.6. The second-order valence-electron chi connectivity index (χ2n) is 4.48. The molecule has 20 heavy (non-hydrogen) atoms. The quantitative estimate of drug-likeness (QED) is 0.385. The first-order valence-electron chi connectivity index (χ1n) is 5.95. The summed E-state index contributed by atoms with van der Waals surface area (Å²) in [4.78, 5) is 31.7. The molecule has 10 nitrogen and oxygen atoms in total. The zero-order valence-electron chi connectivity index (χ0n) is 11.1. The van der Waals surface area contributed by atoms with Crippen molar-refractivity contribution in [2.45, 2.75) is 19.4 Å². The van der Waals surface area contributed by atoms with E-state index in [9.17, 15) is 14.9 Å². The number of hydrogen-bond donors (Lipinski definition) is 3. The number of nitrogens with two attached hydrogens (primary N) is 1. The minimum Gasteiger partial charge on any atom is -0.352 e. The lowest BCUT2D eigenvalue weighted by molar-refractivity contribution is -0.385. The predicted molar refractivity (Wildman–Crippen MR) is 70.9 cm³/mol. The minimum absolute atomic E-state index is 0.0101. The van der Waals surface area contributed by atoms with Crippen LogP contribution in [0, 0.1) is 17.0 Å². The number of hydrogen-bond acceptors (Lipinski definition) is 8. The van der Waals surface area contributed by atoms with E-state index in [4.69, 9.17) is 5.84 Å². The number of anilines is 2. The molecule has 10 heteroatoms. The summed E-state index contributed by atoms with van der Waals surface area (Å²) < 4.78 is 0. The van der Waals surface area contributed by atoms with E-state index in [0.717, 1.165) is 0 Å². The van der Waals surface area contributed by atoms with E-state index < -0.39 is 11.0 Å². The van der Waals surface area contributed by atoms with Crippen molar-refractivity contribution in [1.82, 2.24) is 14.9 Å². The smallest absolute Gasteiger partial charge is 0.332 e. The van der Waals surface area contributed by atoms with Crippen LogP contribution in [0.4, 0.5) is 17.5 Å². The maximum atomic E-state index is 11.8. The molecule has 1 fully saturated rings. The lowest BCUT2D eigenvalue weighted by atomic mass is 10.2. The number of likely N-dealkylation sites (tertiary alicyclic amines) is 1. The lowest BCUT2D eigenvalue weighted by Crippen LogP contribution is -2.31. The van der Waals surface area contributed by atoms with E-state index in [2.05, 4.69) is 20.7 Å². The Balaban J connectivity index is 2.36. The Morgan fingerprint density at radius 1 is 1.50 bits per heavy atom. The number of aromatic nitrogens is 2. The van der Waals surface area contributed by atoms with Crippen LogP contribution in [0.25, 0.3) is 0 Å². The molecular formula is C10H15N7O3. The van der Waals surface area contributed by atoms with Crippen LogP contribution in [-0.4, -0.2) is 45.3 Å². The van der Waals surface area contributed by atoms with Gasteiger partial charge in [0, 0.05) is 13.6 Å². The monoisotopic (exact) mass is 281 g/mol. The molecule has 0 aromatic carbocycles. The van der Waals surface area contributed by atoms with Gasteiger partial charge in [0.2, 0.25) is 17.7 Å². The highest BCUT2D eigenvalue weighted by Gasteiger charge is 2.32. The molecule has 0 bridgehead atoms. The molecule has 2 heterocycles. The molecule has 1 unspecified atom stereocenters. The molecule has 1 aromatic heterocycles. The van der Waals surface area contributed by atoms with Gasteiger partial charge in [-0.2, -0.15) is 4.98 Å². The Labute approximate surface area is 114 Å². The maximum Gasteiger partial charge on any atom is 0.332 e. The summed E-state index contributed by atoms with van der Waals surface area (Å²) in [6.07, 6.45) is 0.556. The molecule has 1 atom stereocenters. The van der Waals surface area contributed by atoms with Crippen LogP contribution in [0.5, 0.6) is 0 Å². The van der Waals surface area contributed by atoms with Crippen LogP contribution in [0.15, 0.2) is 0 Å². The van der Waals surface area contributed by atoms with Crippen molar-refractivity contribution in [3.63, 3.8) is 0 Å². The van der Waals surface area contributed by atoms with E-state index in [1.807, 2.05) is 0 Å². The van der Waals surface area contributed by atoms with Gasteiger partial charge in [-0.25, -0.2) is 10.8 Å². The second-order valence-corrected chi connectivity index (χ2v) is 4.48. The Bertz CT molecular complexity index is 562. The normalized spacial score (nSPS) is 18.2. The van der Waals surface area contributed by atoms with Gasteiger partial charge in [0.1, 0.15) is 11.7 Å². The summed E-state index contributed by atoms with van der Waals surface area (Å²) in [5.41, 5.74) is 2.15. The van der Waals surface area contributed by atoms with Crippen molar-refractivity contribution in [2.24, 2.45) is 5.84 Å². The van der Waals surface area contributed by atoms with E-state index in [-0.39, 0.29) is 29.1 Å². The Hall–Kier alpha value is -2.49. The van der Waals surface area contributed by atoms with Gasteiger partial charge in [0.25, 0.3) is 0 Å². The van der Waals surface area contributed by atoms with E-state index >= 15 is 0 Å². The van der Waals surface area contributed by atoms with Crippen molar-refractivity contribution in [2.75, 3.05) is 24.3 Å². The van der Waals surface area contributed by atoms with Gasteiger partial charge < -0.3 is 10.2 Å². The molecule has 1 aliphatic rings. The van der Waals surface area contributed by atoms with Gasteiger partial charge in [-0.3, -0.25) is 20.3 Å². The van der Waals surface area contributed by atoms with Crippen LogP contribution in [0.3, 0.4) is 0 Å². The Morgan fingerprint density at radius 3 is 2.70 bits per heavy atom. The molecule has 0 spiro atoms. The number of aryl methyl sites for hydroxylation is 1. The summed E-state index contributed by atoms with van der Waals surface area (Å²) in [5, 5.41) is 13.9. The third-order valence-corrected chi connectivity index (χ3v) is 3.11. The van der Waals surface area contributed by atoms with Gasteiger partial charge in [0.15, 0.2) is 0 Å². The highest BCUT2D eigenvalue weighted by molar-refractivity contribution is 5.87. The molecule has 1 aliphatic heterocycles. The molecule has 2 rings (SSSR count). The number of nitrogen functional groups attached to an aromatic ring is 1.